The number of nitrogens with zero attached hydrogens (tertiary/aromatic N) is 2. The molecule has 0 fully saturated rings. The molecule has 0 saturated carbocycles. The Hall–Kier alpha value is -0.840. The molecule has 0 spiro atoms. The second-order valence-corrected chi connectivity index (χ2v) is 5.74. The number of halogens is 2. The first kappa shape index (κ1) is 14.6. The summed E-state index contributed by atoms with van der Waals surface area (Å²) in [4.78, 5) is 4.45. The summed E-state index contributed by atoms with van der Waals surface area (Å²) >= 11 is 9.72. The summed E-state index contributed by atoms with van der Waals surface area (Å²) in [5, 5.41) is 4.26. The normalized spacial score (nSPS) is 12.6. The molecule has 1 atom stereocenters. The number of aryl methyl sites for hydroxylation is 1. The van der Waals surface area contributed by atoms with Gasteiger partial charge in [-0.25, -0.2) is 4.98 Å². The maximum absolute atomic E-state index is 6.12. The van der Waals surface area contributed by atoms with Crippen LogP contribution in [-0.2, 0) is 7.05 Å². The highest BCUT2D eigenvalue weighted by atomic mass is 79.9. The Bertz CT molecular complexity index is 553. The molecular weight excluding hydrogens is 326 g/mol. The fourth-order valence-corrected chi connectivity index (χ4v) is 2.68. The van der Waals surface area contributed by atoms with Gasteiger partial charge in [0.05, 0.1) is 6.04 Å². The van der Waals surface area contributed by atoms with Crippen molar-refractivity contribution >= 4 is 27.5 Å². The van der Waals surface area contributed by atoms with Gasteiger partial charge in [-0.1, -0.05) is 34.5 Å². The van der Waals surface area contributed by atoms with Crippen LogP contribution in [0.15, 0.2) is 35.1 Å². The fourth-order valence-electron chi connectivity index (χ4n) is 2.02. The minimum absolute atomic E-state index is 0.0352. The maximum Gasteiger partial charge on any atom is 0.130 e. The molecule has 0 aliphatic rings. The Morgan fingerprint density at radius 2 is 2.26 bits per heavy atom. The highest BCUT2D eigenvalue weighted by Crippen LogP contribution is 2.30. The fraction of sp³-hybridized carbons (Fsp3) is 0.357. The quantitative estimate of drug-likeness (QED) is 0.892. The van der Waals surface area contributed by atoms with Gasteiger partial charge < -0.3 is 9.88 Å². The molecule has 0 amide bonds. The Balaban J connectivity index is 2.42. The van der Waals surface area contributed by atoms with E-state index in [1.165, 1.54) is 0 Å². The van der Waals surface area contributed by atoms with Crippen molar-refractivity contribution in [1.82, 2.24) is 14.9 Å². The molecule has 2 rings (SSSR count). The van der Waals surface area contributed by atoms with Crippen LogP contribution in [0, 0.1) is 0 Å². The van der Waals surface area contributed by atoms with Crippen LogP contribution in [0.1, 0.15) is 30.8 Å². The molecule has 0 aliphatic heterocycles. The van der Waals surface area contributed by atoms with E-state index in [1.54, 1.807) is 0 Å². The first-order valence-corrected chi connectivity index (χ1v) is 7.46. The molecule has 3 nitrogen and oxygen atoms in total. The molecule has 1 N–H and O–H groups in total. The van der Waals surface area contributed by atoms with Gasteiger partial charge >= 0.3 is 0 Å². The van der Waals surface area contributed by atoms with Crippen LogP contribution in [0.3, 0.4) is 0 Å². The molecule has 0 bridgehead atoms. The van der Waals surface area contributed by atoms with Gasteiger partial charge in [0.2, 0.25) is 0 Å². The smallest absolute Gasteiger partial charge is 0.130 e. The van der Waals surface area contributed by atoms with Gasteiger partial charge in [-0.2, -0.15) is 0 Å². The Kier molecular flexibility index (Phi) is 5.02. The van der Waals surface area contributed by atoms with Crippen LogP contribution in [0.5, 0.6) is 0 Å². The van der Waals surface area contributed by atoms with E-state index >= 15 is 0 Å². The van der Waals surface area contributed by atoms with E-state index < -0.39 is 0 Å². The summed E-state index contributed by atoms with van der Waals surface area (Å²) in [6.45, 7) is 3.08. The minimum Gasteiger partial charge on any atom is -0.336 e. The number of aromatic nitrogens is 2. The second kappa shape index (κ2) is 6.55. The van der Waals surface area contributed by atoms with Crippen molar-refractivity contribution in [3.63, 3.8) is 0 Å². The summed E-state index contributed by atoms with van der Waals surface area (Å²) < 4.78 is 3.06. The van der Waals surface area contributed by atoms with E-state index in [2.05, 4.69) is 33.2 Å². The monoisotopic (exact) mass is 341 g/mol. The predicted molar refractivity (Wildman–Crippen MR) is 82.5 cm³/mol. The highest BCUT2D eigenvalue weighted by molar-refractivity contribution is 9.10. The lowest BCUT2D eigenvalue weighted by Gasteiger charge is -2.20. The lowest BCUT2D eigenvalue weighted by Crippen LogP contribution is -2.26. The Morgan fingerprint density at radius 3 is 2.89 bits per heavy atom. The molecule has 0 radical (unpaired) electrons. The van der Waals surface area contributed by atoms with Crippen molar-refractivity contribution in [1.29, 1.82) is 0 Å². The molecule has 1 unspecified atom stereocenters. The Labute approximate surface area is 127 Å². The topological polar surface area (TPSA) is 29.9 Å². The highest BCUT2D eigenvalue weighted by Gasteiger charge is 2.20. The van der Waals surface area contributed by atoms with Crippen molar-refractivity contribution in [3.8, 4) is 0 Å². The zero-order chi connectivity index (χ0) is 13.8. The molecule has 0 saturated heterocycles. The van der Waals surface area contributed by atoms with E-state index in [9.17, 15) is 0 Å². The number of rotatable bonds is 5. The first-order chi connectivity index (χ1) is 9.13. The van der Waals surface area contributed by atoms with Crippen LogP contribution < -0.4 is 5.32 Å². The van der Waals surface area contributed by atoms with Gasteiger partial charge in [0.25, 0.3) is 0 Å². The average molecular weight is 343 g/mol. The molecule has 1 heterocycles. The average Bonchev–Trinajstić information content (AvgIpc) is 2.80. The van der Waals surface area contributed by atoms with Crippen molar-refractivity contribution < 1.29 is 0 Å². The first-order valence-electron chi connectivity index (χ1n) is 6.29. The number of benzene rings is 1. The van der Waals surface area contributed by atoms with Crippen molar-refractivity contribution in [2.24, 2.45) is 7.05 Å². The van der Waals surface area contributed by atoms with Gasteiger partial charge in [0, 0.05) is 28.9 Å². The van der Waals surface area contributed by atoms with Gasteiger partial charge in [0.1, 0.15) is 5.82 Å². The largest absolute Gasteiger partial charge is 0.336 e. The van der Waals surface area contributed by atoms with E-state index in [0.29, 0.717) is 0 Å². The number of hydrogen-bond acceptors (Lipinski definition) is 2. The van der Waals surface area contributed by atoms with Crippen molar-refractivity contribution in [2.45, 2.75) is 19.4 Å². The second-order valence-electron chi connectivity index (χ2n) is 4.45. The van der Waals surface area contributed by atoms with Crippen LogP contribution in [0.25, 0.3) is 0 Å². The number of nitrogens with one attached hydrogen (secondary N) is 1. The number of hydrogen-bond donors (Lipinski definition) is 1. The molecule has 1 aromatic carbocycles. The van der Waals surface area contributed by atoms with Gasteiger partial charge in [-0.15, -0.1) is 0 Å². The zero-order valence-electron chi connectivity index (χ0n) is 11.0. The van der Waals surface area contributed by atoms with E-state index in [4.69, 9.17) is 11.6 Å². The lowest BCUT2D eigenvalue weighted by atomic mass is 10.1. The van der Waals surface area contributed by atoms with Crippen molar-refractivity contribution in [2.75, 3.05) is 6.54 Å². The third-order valence-electron chi connectivity index (χ3n) is 2.98. The number of imidazole rings is 1. The summed E-state index contributed by atoms with van der Waals surface area (Å²) in [5.74, 6) is 0.983. The summed E-state index contributed by atoms with van der Waals surface area (Å²) in [5.41, 5.74) is 1.11. The van der Waals surface area contributed by atoms with Gasteiger partial charge in [-0.3, -0.25) is 0 Å². The summed E-state index contributed by atoms with van der Waals surface area (Å²) in [6, 6.07) is 5.87. The predicted octanol–water partition coefficient (Wildman–Crippen LogP) is 3.93. The van der Waals surface area contributed by atoms with Crippen LogP contribution in [-0.4, -0.2) is 16.1 Å². The molecule has 2 aromatic rings. The summed E-state index contributed by atoms with van der Waals surface area (Å²) in [7, 11) is 2.00. The van der Waals surface area contributed by atoms with E-state index in [-0.39, 0.29) is 6.04 Å². The molecule has 102 valence electrons. The molecule has 0 aliphatic carbocycles. The van der Waals surface area contributed by atoms with E-state index in [0.717, 1.165) is 33.8 Å². The maximum atomic E-state index is 6.12. The molecule has 1 aromatic heterocycles. The summed E-state index contributed by atoms with van der Waals surface area (Å²) in [6.07, 6.45) is 4.84. The van der Waals surface area contributed by atoms with Gasteiger partial charge in [-0.05, 0) is 36.7 Å². The molecular formula is C14H17BrClN3. The molecule has 5 heteroatoms. The standard InChI is InChI=1S/C14H17BrClN3/c1-3-6-17-13(14-18-7-8-19(14)2)11-9-10(16)4-5-12(11)15/h4-5,7-9,13,17H,3,6H2,1-2H3. The third kappa shape index (κ3) is 3.38. The molecule has 19 heavy (non-hydrogen) atoms. The van der Waals surface area contributed by atoms with Crippen LogP contribution >= 0.6 is 27.5 Å². The van der Waals surface area contributed by atoms with Gasteiger partial charge in [0.15, 0.2) is 0 Å². The third-order valence-corrected chi connectivity index (χ3v) is 3.94. The Morgan fingerprint density at radius 1 is 1.47 bits per heavy atom. The van der Waals surface area contributed by atoms with E-state index in [1.807, 2.05) is 42.2 Å². The van der Waals surface area contributed by atoms with Crippen LogP contribution in [0.4, 0.5) is 0 Å². The van der Waals surface area contributed by atoms with Crippen LogP contribution in [0.2, 0.25) is 5.02 Å². The minimum atomic E-state index is 0.0352. The zero-order valence-corrected chi connectivity index (χ0v) is 13.4. The van der Waals surface area contributed by atoms with Crippen molar-refractivity contribution in [3.05, 3.63) is 51.5 Å². The lowest BCUT2D eigenvalue weighted by molar-refractivity contribution is 0.554. The SMILES string of the molecule is CCCNC(c1cc(Cl)ccc1Br)c1nccn1C.